The molecular formula is C21H18N4O5. The fourth-order valence-electron chi connectivity index (χ4n) is 4.01. The molecule has 4 N–H and O–H groups in total. The van der Waals surface area contributed by atoms with Gasteiger partial charge in [-0.3, -0.25) is 14.9 Å². The van der Waals surface area contributed by atoms with Crippen LogP contribution in [0.5, 0.6) is 5.75 Å². The number of methoxy groups -OCH3 is 1. The van der Waals surface area contributed by atoms with Crippen LogP contribution >= 0.6 is 0 Å². The molecule has 3 heterocycles. The van der Waals surface area contributed by atoms with Crippen LogP contribution in [0.25, 0.3) is 11.0 Å². The number of hydrogen-bond acceptors (Lipinski definition) is 6. The summed E-state index contributed by atoms with van der Waals surface area (Å²) >= 11 is 0. The molecule has 1 aromatic heterocycles. The molecule has 0 spiro atoms. The highest BCUT2D eigenvalue weighted by atomic mass is 16.5. The molecule has 1 atom stereocenters. The van der Waals surface area contributed by atoms with E-state index < -0.39 is 17.5 Å². The number of anilines is 1. The van der Waals surface area contributed by atoms with Crippen LogP contribution in [0.15, 0.2) is 46.9 Å². The molecule has 9 nitrogen and oxygen atoms in total. The number of nitrogens with zero attached hydrogens (tertiary/aromatic N) is 1. The van der Waals surface area contributed by atoms with Crippen molar-refractivity contribution in [1.29, 1.82) is 0 Å². The van der Waals surface area contributed by atoms with Crippen LogP contribution in [0.2, 0.25) is 0 Å². The van der Waals surface area contributed by atoms with Gasteiger partial charge in [-0.05, 0) is 42.0 Å². The molecule has 5 rings (SSSR count). The SMILES string of the molecule is COc1ccc2c(c1)C(=O)N(C[C@@]1(c3cc4cc(N)ccc4o3)NC(=O)NC1=O)C2. The molecule has 2 aliphatic heterocycles. The van der Waals surface area contributed by atoms with Crippen molar-refractivity contribution in [3.63, 3.8) is 0 Å². The fraction of sp³-hybridized carbons (Fsp3) is 0.190. The van der Waals surface area contributed by atoms with Gasteiger partial charge in [-0.2, -0.15) is 0 Å². The van der Waals surface area contributed by atoms with Crippen LogP contribution in [0.3, 0.4) is 0 Å². The first-order chi connectivity index (χ1) is 14.4. The molecule has 9 heteroatoms. The Morgan fingerprint density at radius 3 is 2.73 bits per heavy atom. The highest BCUT2D eigenvalue weighted by Crippen LogP contribution is 2.35. The van der Waals surface area contributed by atoms with Gasteiger partial charge in [0.15, 0.2) is 5.54 Å². The van der Waals surface area contributed by atoms with Crippen molar-refractivity contribution in [2.75, 3.05) is 19.4 Å². The number of nitrogens with two attached hydrogens (primary N) is 1. The molecule has 2 aromatic carbocycles. The van der Waals surface area contributed by atoms with E-state index in [1.165, 1.54) is 12.0 Å². The number of nitrogens with one attached hydrogen (secondary N) is 2. The van der Waals surface area contributed by atoms with E-state index in [0.717, 1.165) is 5.56 Å². The molecule has 1 saturated heterocycles. The maximum Gasteiger partial charge on any atom is 0.322 e. The van der Waals surface area contributed by atoms with E-state index in [1.807, 2.05) is 6.07 Å². The summed E-state index contributed by atoms with van der Waals surface area (Å²) in [5.74, 6) is -0.0355. The number of nitrogen functional groups attached to an aromatic ring is 1. The minimum atomic E-state index is -1.55. The number of imide groups is 1. The van der Waals surface area contributed by atoms with Gasteiger partial charge in [-0.25, -0.2) is 4.79 Å². The van der Waals surface area contributed by atoms with Crippen LogP contribution in [0.4, 0.5) is 10.5 Å². The minimum absolute atomic E-state index is 0.0876. The Morgan fingerprint density at radius 1 is 1.17 bits per heavy atom. The van der Waals surface area contributed by atoms with E-state index in [1.54, 1.807) is 36.4 Å². The number of hydrogen-bond donors (Lipinski definition) is 3. The molecule has 0 radical (unpaired) electrons. The van der Waals surface area contributed by atoms with Gasteiger partial charge in [0.05, 0.1) is 13.7 Å². The van der Waals surface area contributed by atoms with E-state index in [2.05, 4.69) is 10.6 Å². The molecule has 2 aliphatic rings. The van der Waals surface area contributed by atoms with Gasteiger partial charge in [-0.1, -0.05) is 6.07 Å². The Morgan fingerprint density at radius 2 is 2.00 bits per heavy atom. The third-order valence-corrected chi connectivity index (χ3v) is 5.53. The summed E-state index contributed by atoms with van der Waals surface area (Å²) in [5, 5.41) is 5.61. The van der Waals surface area contributed by atoms with Crippen molar-refractivity contribution < 1.29 is 23.5 Å². The number of rotatable bonds is 4. The normalized spacial score (nSPS) is 20.4. The van der Waals surface area contributed by atoms with Crippen LogP contribution in [0.1, 0.15) is 21.7 Å². The van der Waals surface area contributed by atoms with Crippen molar-refractivity contribution in [3.8, 4) is 5.75 Å². The molecule has 152 valence electrons. The predicted octanol–water partition coefficient (Wildman–Crippen LogP) is 1.71. The molecule has 0 saturated carbocycles. The first-order valence-corrected chi connectivity index (χ1v) is 9.29. The van der Waals surface area contributed by atoms with Gasteiger partial charge >= 0.3 is 6.03 Å². The first kappa shape index (κ1) is 18.0. The second-order valence-corrected chi connectivity index (χ2v) is 7.41. The summed E-state index contributed by atoms with van der Waals surface area (Å²) < 4.78 is 11.1. The van der Waals surface area contributed by atoms with Gasteiger partial charge in [0.1, 0.15) is 17.1 Å². The van der Waals surface area contributed by atoms with Gasteiger partial charge < -0.3 is 25.1 Å². The standard InChI is InChI=1S/C21H18N4O5/c1-29-14-4-2-11-9-25(18(26)15(11)8-14)10-21(19(27)23-20(28)24-21)17-7-12-6-13(22)3-5-16(12)30-17/h2-8H,9-10,22H2,1H3,(H2,23,24,27,28)/t21-/m0/s1. The highest BCUT2D eigenvalue weighted by molar-refractivity contribution is 6.08. The molecule has 0 bridgehead atoms. The van der Waals surface area contributed by atoms with Crippen molar-refractivity contribution in [1.82, 2.24) is 15.5 Å². The molecule has 0 aliphatic carbocycles. The zero-order valence-electron chi connectivity index (χ0n) is 16.0. The van der Waals surface area contributed by atoms with Gasteiger partial charge in [0.25, 0.3) is 11.8 Å². The van der Waals surface area contributed by atoms with E-state index in [4.69, 9.17) is 14.9 Å². The monoisotopic (exact) mass is 406 g/mol. The molecular weight excluding hydrogens is 388 g/mol. The largest absolute Gasteiger partial charge is 0.497 e. The zero-order valence-corrected chi connectivity index (χ0v) is 16.0. The van der Waals surface area contributed by atoms with E-state index >= 15 is 0 Å². The van der Waals surface area contributed by atoms with Gasteiger partial charge in [0.2, 0.25) is 0 Å². The van der Waals surface area contributed by atoms with Crippen molar-refractivity contribution in [2.24, 2.45) is 0 Å². The maximum absolute atomic E-state index is 13.0. The fourth-order valence-corrected chi connectivity index (χ4v) is 4.01. The molecule has 30 heavy (non-hydrogen) atoms. The predicted molar refractivity (Wildman–Crippen MR) is 107 cm³/mol. The van der Waals surface area contributed by atoms with Crippen molar-refractivity contribution >= 4 is 34.5 Å². The number of amides is 4. The van der Waals surface area contributed by atoms with E-state index in [-0.39, 0.29) is 18.2 Å². The Labute approximate surface area is 170 Å². The molecule has 3 aromatic rings. The quantitative estimate of drug-likeness (QED) is 0.447. The lowest BCUT2D eigenvalue weighted by Gasteiger charge is -2.29. The van der Waals surface area contributed by atoms with Gasteiger partial charge in [-0.15, -0.1) is 0 Å². The Balaban J connectivity index is 1.55. The van der Waals surface area contributed by atoms with Crippen LogP contribution in [-0.4, -0.2) is 36.4 Å². The summed E-state index contributed by atoms with van der Waals surface area (Å²) in [4.78, 5) is 39.4. The highest BCUT2D eigenvalue weighted by Gasteiger charge is 2.53. The Bertz CT molecular complexity index is 1230. The summed E-state index contributed by atoms with van der Waals surface area (Å²) in [5.41, 5.74) is 6.68. The average Bonchev–Trinajstić information content (AvgIpc) is 3.36. The summed E-state index contributed by atoms with van der Waals surface area (Å²) in [7, 11) is 1.53. The lowest BCUT2D eigenvalue weighted by Crippen LogP contribution is -2.52. The number of carbonyl (C=O) groups excluding carboxylic acids is 3. The smallest absolute Gasteiger partial charge is 0.322 e. The summed E-state index contributed by atoms with van der Waals surface area (Å²) in [6.45, 7) is 0.214. The summed E-state index contributed by atoms with van der Waals surface area (Å²) in [6.07, 6.45) is 0. The topological polar surface area (TPSA) is 127 Å². The molecule has 0 unspecified atom stereocenters. The number of urea groups is 1. The Hall–Kier alpha value is -4.01. The van der Waals surface area contributed by atoms with Crippen molar-refractivity contribution in [3.05, 3.63) is 59.4 Å². The number of ether oxygens (including phenoxy) is 1. The number of furan rings is 1. The number of benzene rings is 2. The number of fused-ring (bicyclic) bond motifs is 2. The second kappa shape index (κ2) is 6.24. The summed E-state index contributed by atoms with van der Waals surface area (Å²) in [6, 6.07) is 11.4. The van der Waals surface area contributed by atoms with Crippen LogP contribution in [-0.2, 0) is 16.9 Å². The Kier molecular flexibility index (Phi) is 3.76. The molecule has 4 amide bonds. The van der Waals surface area contributed by atoms with E-state index in [0.29, 0.717) is 34.5 Å². The van der Waals surface area contributed by atoms with E-state index in [9.17, 15) is 14.4 Å². The van der Waals surface area contributed by atoms with Crippen LogP contribution in [0, 0.1) is 0 Å². The zero-order chi connectivity index (χ0) is 21.0. The van der Waals surface area contributed by atoms with Gasteiger partial charge in [0, 0.05) is 23.2 Å². The first-order valence-electron chi connectivity index (χ1n) is 9.29. The van der Waals surface area contributed by atoms with Crippen LogP contribution < -0.4 is 21.1 Å². The minimum Gasteiger partial charge on any atom is -0.497 e. The molecule has 1 fully saturated rings. The second-order valence-electron chi connectivity index (χ2n) is 7.41. The lowest BCUT2D eigenvalue weighted by molar-refractivity contribution is -0.125. The number of carbonyl (C=O) groups is 3. The van der Waals surface area contributed by atoms with Crippen molar-refractivity contribution in [2.45, 2.75) is 12.1 Å². The third kappa shape index (κ3) is 2.59. The average molecular weight is 406 g/mol. The lowest BCUT2D eigenvalue weighted by atomic mass is 9.95. The third-order valence-electron chi connectivity index (χ3n) is 5.53. The maximum atomic E-state index is 13.0.